The van der Waals surface area contributed by atoms with E-state index in [0.29, 0.717) is 19.8 Å². The van der Waals surface area contributed by atoms with E-state index >= 15 is 0 Å². The van der Waals surface area contributed by atoms with Gasteiger partial charge in [-0.1, -0.05) is 68.4 Å². The van der Waals surface area contributed by atoms with Crippen LogP contribution in [0.25, 0.3) is 0 Å². The van der Waals surface area contributed by atoms with Crippen molar-refractivity contribution in [3.8, 4) is 0 Å². The molecule has 27 heavy (non-hydrogen) atoms. The molecular formula is C22H28N2O3. The zero-order chi connectivity index (χ0) is 19.6. The Hall–Kier alpha value is -2.66. The van der Waals surface area contributed by atoms with E-state index < -0.39 is 6.04 Å². The lowest BCUT2D eigenvalue weighted by atomic mass is 10.0. The van der Waals surface area contributed by atoms with Crippen LogP contribution in [0.2, 0.25) is 0 Å². The molecule has 2 rings (SSSR count). The highest BCUT2D eigenvalue weighted by Crippen LogP contribution is 2.09. The Morgan fingerprint density at radius 3 is 2.00 bits per heavy atom. The molecule has 0 spiro atoms. The van der Waals surface area contributed by atoms with Crippen LogP contribution in [-0.4, -0.2) is 17.9 Å². The molecule has 0 bridgehead atoms. The molecule has 2 aromatic rings. The Morgan fingerprint density at radius 2 is 1.44 bits per heavy atom. The lowest BCUT2D eigenvalue weighted by Gasteiger charge is -2.21. The van der Waals surface area contributed by atoms with Crippen molar-refractivity contribution in [3.63, 3.8) is 0 Å². The van der Waals surface area contributed by atoms with E-state index in [1.165, 1.54) is 6.92 Å². The van der Waals surface area contributed by atoms with Crippen molar-refractivity contribution >= 4 is 11.8 Å². The van der Waals surface area contributed by atoms with Crippen molar-refractivity contribution in [2.45, 2.75) is 46.6 Å². The molecule has 0 aromatic heterocycles. The van der Waals surface area contributed by atoms with E-state index in [1.807, 2.05) is 68.4 Å². The third-order valence-corrected chi connectivity index (χ3v) is 4.18. The first kappa shape index (κ1) is 20.6. The minimum absolute atomic E-state index is 0.0260. The first-order chi connectivity index (χ1) is 13.0. The van der Waals surface area contributed by atoms with Gasteiger partial charge in [0.25, 0.3) is 0 Å². The van der Waals surface area contributed by atoms with Crippen LogP contribution in [0.1, 0.15) is 37.5 Å². The third-order valence-electron chi connectivity index (χ3n) is 4.18. The van der Waals surface area contributed by atoms with Crippen molar-refractivity contribution in [2.24, 2.45) is 5.92 Å². The maximum atomic E-state index is 12.3. The summed E-state index contributed by atoms with van der Waals surface area (Å²) in [5.41, 5.74) is 3.23. The number of benzene rings is 2. The summed E-state index contributed by atoms with van der Waals surface area (Å²) in [5.74, 6) is -0.350. The Labute approximate surface area is 161 Å². The van der Waals surface area contributed by atoms with Crippen molar-refractivity contribution in [1.29, 1.82) is 0 Å². The highest BCUT2D eigenvalue weighted by molar-refractivity contribution is 5.87. The molecule has 2 aromatic carbocycles. The van der Waals surface area contributed by atoms with Gasteiger partial charge in [-0.05, 0) is 22.6 Å². The fraction of sp³-hybridized carbons (Fsp3) is 0.364. The van der Waals surface area contributed by atoms with E-state index in [9.17, 15) is 9.59 Å². The number of nitrogens with one attached hydrogen (secondary N) is 2. The second-order valence-electron chi connectivity index (χ2n) is 6.93. The summed E-state index contributed by atoms with van der Waals surface area (Å²) in [6.45, 7) is 6.78. The first-order valence-corrected chi connectivity index (χ1v) is 9.20. The number of carbonyl (C=O) groups excluding carboxylic acids is 2. The van der Waals surface area contributed by atoms with Crippen LogP contribution in [0.4, 0.5) is 0 Å². The molecule has 0 aliphatic carbocycles. The van der Waals surface area contributed by atoms with E-state index in [-0.39, 0.29) is 17.7 Å². The molecule has 5 nitrogen and oxygen atoms in total. The van der Waals surface area contributed by atoms with E-state index in [0.717, 1.165) is 16.7 Å². The maximum absolute atomic E-state index is 12.3. The van der Waals surface area contributed by atoms with Gasteiger partial charge in [-0.3, -0.25) is 9.59 Å². The molecule has 0 radical (unpaired) electrons. The minimum Gasteiger partial charge on any atom is -0.372 e. The van der Waals surface area contributed by atoms with Gasteiger partial charge in [0.05, 0.1) is 13.2 Å². The normalized spacial score (nSPS) is 11.9. The second kappa shape index (κ2) is 10.5. The van der Waals surface area contributed by atoms with Gasteiger partial charge in [-0.15, -0.1) is 0 Å². The Balaban J connectivity index is 1.79. The minimum atomic E-state index is -0.520. The lowest BCUT2D eigenvalue weighted by molar-refractivity contribution is -0.129. The van der Waals surface area contributed by atoms with Crippen molar-refractivity contribution in [2.75, 3.05) is 0 Å². The van der Waals surface area contributed by atoms with Gasteiger partial charge in [-0.2, -0.15) is 0 Å². The van der Waals surface area contributed by atoms with Crippen LogP contribution in [0.5, 0.6) is 0 Å². The molecular weight excluding hydrogens is 340 g/mol. The monoisotopic (exact) mass is 368 g/mol. The van der Waals surface area contributed by atoms with Gasteiger partial charge in [0.15, 0.2) is 0 Å². The summed E-state index contributed by atoms with van der Waals surface area (Å²) in [5, 5.41) is 5.58. The number of hydrogen-bond acceptors (Lipinski definition) is 3. The number of rotatable bonds is 9. The summed E-state index contributed by atoms with van der Waals surface area (Å²) < 4.78 is 5.73. The number of ether oxygens (including phenoxy) is 1. The molecule has 0 saturated heterocycles. The molecule has 0 fully saturated rings. The molecule has 5 heteroatoms. The van der Waals surface area contributed by atoms with Gasteiger partial charge in [-0.25, -0.2) is 0 Å². The summed E-state index contributed by atoms with van der Waals surface area (Å²) in [6.07, 6.45) is 0. The molecule has 0 heterocycles. The molecule has 0 aliphatic heterocycles. The number of hydrogen-bond donors (Lipinski definition) is 2. The van der Waals surface area contributed by atoms with Crippen molar-refractivity contribution < 1.29 is 14.3 Å². The van der Waals surface area contributed by atoms with E-state index in [2.05, 4.69) is 10.6 Å². The van der Waals surface area contributed by atoms with E-state index in [1.54, 1.807) is 0 Å². The van der Waals surface area contributed by atoms with Crippen molar-refractivity contribution in [1.82, 2.24) is 10.6 Å². The summed E-state index contributed by atoms with van der Waals surface area (Å²) in [6, 6.07) is 17.5. The maximum Gasteiger partial charge on any atom is 0.243 e. The predicted molar refractivity (Wildman–Crippen MR) is 106 cm³/mol. The van der Waals surface area contributed by atoms with Crippen LogP contribution in [-0.2, 0) is 34.1 Å². The SMILES string of the molecule is CC(=O)NC(C(=O)NCc1ccc(COCc2ccccc2)cc1)C(C)C. The average Bonchev–Trinajstić information content (AvgIpc) is 2.66. The topological polar surface area (TPSA) is 67.4 Å². The third kappa shape index (κ3) is 7.23. The van der Waals surface area contributed by atoms with Crippen LogP contribution in [0, 0.1) is 5.92 Å². The summed E-state index contributed by atoms with van der Waals surface area (Å²) in [4.78, 5) is 23.5. The van der Waals surface area contributed by atoms with Crippen molar-refractivity contribution in [3.05, 3.63) is 71.3 Å². The van der Waals surface area contributed by atoms with E-state index in [4.69, 9.17) is 4.74 Å². The number of amides is 2. The number of carbonyl (C=O) groups is 2. The van der Waals surface area contributed by atoms with Crippen LogP contribution in [0.3, 0.4) is 0 Å². The zero-order valence-electron chi connectivity index (χ0n) is 16.2. The Bertz CT molecular complexity index is 727. The van der Waals surface area contributed by atoms with Gasteiger partial charge in [0, 0.05) is 13.5 Å². The zero-order valence-corrected chi connectivity index (χ0v) is 16.2. The fourth-order valence-corrected chi connectivity index (χ4v) is 2.67. The molecule has 2 N–H and O–H groups in total. The molecule has 144 valence electrons. The molecule has 0 saturated carbocycles. The lowest BCUT2D eigenvalue weighted by Crippen LogP contribution is -2.48. The summed E-state index contributed by atoms with van der Waals surface area (Å²) >= 11 is 0. The van der Waals surface area contributed by atoms with Gasteiger partial charge in [0.1, 0.15) is 6.04 Å². The second-order valence-corrected chi connectivity index (χ2v) is 6.93. The van der Waals surface area contributed by atoms with Crippen LogP contribution >= 0.6 is 0 Å². The van der Waals surface area contributed by atoms with Gasteiger partial charge in [0.2, 0.25) is 11.8 Å². The fourth-order valence-electron chi connectivity index (χ4n) is 2.67. The molecule has 1 atom stereocenters. The van der Waals surface area contributed by atoms with Gasteiger partial charge < -0.3 is 15.4 Å². The smallest absolute Gasteiger partial charge is 0.243 e. The molecule has 2 amide bonds. The highest BCUT2D eigenvalue weighted by Gasteiger charge is 2.22. The van der Waals surface area contributed by atoms with Crippen LogP contribution < -0.4 is 10.6 Å². The Kier molecular flexibility index (Phi) is 8.01. The molecule has 1 unspecified atom stereocenters. The van der Waals surface area contributed by atoms with Crippen LogP contribution in [0.15, 0.2) is 54.6 Å². The Morgan fingerprint density at radius 1 is 0.889 bits per heavy atom. The first-order valence-electron chi connectivity index (χ1n) is 9.20. The average molecular weight is 368 g/mol. The standard InChI is InChI=1S/C22H28N2O3/c1-16(2)21(24-17(3)25)22(26)23-13-18-9-11-20(12-10-18)15-27-14-19-7-5-4-6-8-19/h4-12,16,21H,13-15H2,1-3H3,(H,23,26)(H,24,25). The largest absolute Gasteiger partial charge is 0.372 e. The predicted octanol–water partition coefficient (Wildman–Crippen LogP) is 3.18. The highest BCUT2D eigenvalue weighted by atomic mass is 16.5. The van der Waals surface area contributed by atoms with Gasteiger partial charge >= 0.3 is 0 Å². The quantitative estimate of drug-likeness (QED) is 0.714. The summed E-state index contributed by atoms with van der Waals surface area (Å²) in [7, 11) is 0. The molecule has 0 aliphatic rings.